The minimum absolute atomic E-state index is 0.214. The van der Waals surface area contributed by atoms with Gasteiger partial charge in [0.2, 0.25) is 0 Å². The van der Waals surface area contributed by atoms with Crippen LogP contribution in [-0.2, 0) is 0 Å². The van der Waals surface area contributed by atoms with Crippen molar-refractivity contribution in [2.24, 2.45) is 5.41 Å². The molecule has 1 saturated carbocycles. The summed E-state index contributed by atoms with van der Waals surface area (Å²) in [5.74, 6) is 0.287. The Hall–Kier alpha value is -1.13. The van der Waals surface area contributed by atoms with Gasteiger partial charge in [-0.25, -0.2) is 4.39 Å². The normalized spacial score (nSPS) is 22.7. The highest BCUT2D eigenvalue weighted by Crippen LogP contribution is 2.37. The lowest BCUT2D eigenvalue weighted by molar-refractivity contribution is 0.0985. The summed E-state index contributed by atoms with van der Waals surface area (Å²) in [6.45, 7) is 5.26. The van der Waals surface area contributed by atoms with Gasteiger partial charge in [-0.15, -0.1) is 0 Å². The quantitative estimate of drug-likeness (QED) is 0.842. The van der Waals surface area contributed by atoms with E-state index in [4.69, 9.17) is 4.74 Å². The fraction of sp³-hybridized carbons (Fsp3) is 0.625. The summed E-state index contributed by atoms with van der Waals surface area (Å²) in [5, 5.41) is 13.4. The predicted octanol–water partition coefficient (Wildman–Crippen LogP) is 2.73. The molecule has 4 heteroatoms. The maximum absolute atomic E-state index is 12.7. The highest BCUT2D eigenvalue weighted by atomic mass is 19.1. The van der Waals surface area contributed by atoms with E-state index in [2.05, 4.69) is 19.2 Å². The van der Waals surface area contributed by atoms with Gasteiger partial charge < -0.3 is 15.2 Å². The highest BCUT2D eigenvalue weighted by molar-refractivity contribution is 5.22. The maximum atomic E-state index is 12.7. The van der Waals surface area contributed by atoms with Crippen LogP contribution < -0.4 is 10.1 Å². The van der Waals surface area contributed by atoms with Crippen LogP contribution in [0.3, 0.4) is 0 Å². The lowest BCUT2D eigenvalue weighted by atomic mass is 9.87. The Morgan fingerprint density at radius 2 is 2.10 bits per heavy atom. The number of benzene rings is 1. The molecular weight excluding hydrogens is 257 g/mol. The lowest BCUT2D eigenvalue weighted by Crippen LogP contribution is -2.43. The molecule has 0 bridgehead atoms. The van der Waals surface area contributed by atoms with Crippen molar-refractivity contribution >= 4 is 0 Å². The average Bonchev–Trinajstić information content (AvgIpc) is 2.74. The molecule has 1 aromatic rings. The van der Waals surface area contributed by atoms with Crippen LogP contribution in [0.2, 0.25) is 0 Å². The van der Waals surface area contributed by atoms with Crippen molar-refractivity contribution in [1.82, 2.24) is 5.32 Å². The van der Waals surface area contributed by atoms with Gasteiger partial charge in [-0.2, -0.15) is 0 Å². The van der Waals surface area contributed by atoms with Crippen molar-refractivity contribution in [3.05, 3.63) is 30.1 Å². The van der Waals surface area contributed by atoms with Gasteiger partial charge in [0.1, 0.15) is 24.3 Å². The predicted molar refractivity (Wildman–Crippen MR) is 77.3 cm³/mol. The van der Waals surface area contributed by atoms with E-state index in [0.29, 0.717) is 23.8 Å². The first-order chi connectivity index (χ1) is 9.47. The van der Waals surface area contributed by atoms with Crippen LogP contribution in [0, 0.1) is 11.2 Å². The van der Waals surface area contributed by atoms with Crippen molar-refractivity contribution in [1.29, 1.82) is 0 Å². The van der Waals surface area contributed by atoms with E-state index >= 15 is 0 Å². The number of rotatable bonds is 6. The molecule has 2 atom stereocenters. The zero-order valence-corrected chi connectivity index (χ0v) is 12.2. The third kappa shape index (κ3) is 4.18. The van der Waals surface area contributed by atoms with E-state index in [0.717, 1.165) is 0 Å². The van der Waals surface area contributed by atoms with Crippen molar-refractivity contribution in [2.75, 3.05) is 13.2 Å². The first-order valence-electron chi connectivity index (χ1n) is 7.27. The van der Waals surface area contributed by atoms with Gasteiger partial charge in [0.25, 0.3) is 0 Å². The number of ether oxygens (including phenoxy) is 1. The molecule has 20 heavy (non-hydrogen) atoms. The molecule has 0 radical (unpaired) electrons. The standard InChI is InChI=1S/C16H24FNO2/c1-16(2)9-3-4-15(16)18-10-13(19)11-20-14-7-5-12(17)6-8-14/h5-8,13,15,18-19H,3-4,9-11H2,1-2H3. The molecule has 1 aliphatic carbocycles. The second-order valence-electron chi connectivity index (χ2n) is 6.26. The molecule has 0 spiro atoms. The van der Waals surface area contributed by atoms with Crippen LogP contribution in [0.15, 0.2) is 24.3 Å². The second-order valence-corrected chi connectivity index (χ2v) is 6.26. The molecule has 0 saturated heterocycles. The second kappa shape index (κ2) is 6.55. The summed E-state index contributed by atoms with van der Waals surface area (Å²) in [4.78, 5) is 0. The number of aliphatic hydroxyl groups excluding tert-OH is 1. The van der Waals surface area contributed by atoms with E-state index < -0.39 is 6.10 Å². The number of halogens is 1. The van der Waals surface area contributed by atoms with E-state index in [9.17, 15) is 9.50 Å². The van der Waals surface area contributed by atoms with Gasteiger partial charge in [-0.05, 0) is 42.5 Å². The Bertz CT molecular complexity index is 419. The fourth-order valence-electron chi connectivity index (χ4n) is 2.77. The van der Waals surface area contributed by atoms with Crippen molar-refractivity contribution in [3.63, 3.8) is 0 Å². The zero-order chi connectivity index (χ0) is 14.6. The first-order valence-corrected chi connectivity index (χ1v) is 7.27. The Balaban J connectivity index is 1.70. The third-order valence-electron chi connectivity index (χ3n) is 4.11. The van der Waals surface area contributed by atoms with Crippen LogP contribution in [0.25, 0.3) is 0 Å². The summed E-state index contributed by atoms with van der Waals surface area (Å²) in [6.07, 6.45) is 3.08. The van der Waals surface area contributed by atoms with Crippen LogP contribution in [-0.4, -0.2) is 30.4 Å². The molecule has 112 valence electrons. The molecule has 0 aliphatic heterocycles. The van der Waals surface area contributed by atoms with Crippen LogP contribution in [0.1, 0.15) is 33.1 Å². The van der Waals surface area contributed by atoms with Crippen molar-refractivity contribution in [2.45, 2.75) is 45.3 Å². The molecule has 0 amide bonds. The van der Waals surface area contributed by atoms with Gasteiger partial charge in [-0.1, -0.05) is 20.3 Å². The Kier molecular flexibility index (Phi) is 5.00. The van der Waals surface area contributed by atoms with Gasteiger partial charge >= 0.3 is 0 Å². The molecule has 2 N–H and O–H groups in total. The number of aliphatic hydroxyl groups is 1. The largest absolute Gasteiger partial charge is 0.491 e. The van der Waals surface area contributed by atoms with Gasteiger partial charge in [0.15, 0.2) is 0 Å². The Morgan fingerprint density at radius 1 is 1.40 bits per heavy atom. The van der Waals surface area contributed by atoms with E-state index in [1.165, 1.54) is 31.4 Å². The van der Waals surface area contributed by atoms with Gasteiger partial charge in [0.05, 0.1) is 0 Å². The number of hydrogen-bond acceptors (Lipinski definition) is 3. The van der Waals surface area contributed by atoms with Gasteiger partial charge in [0, 0.05) is 12.6 Å². The number of nitrogens with one attached hydrogen (secondary N) is 1. The summed E-state index contributed by atoms with van der Waals surface area (Å²) < 4.78 is 18.2. The van der Waals surface area contributed by atoms with Crippen molar-refractivity contribution in [3.8, 4) is 5.75 Å². The van der Waals surface area contributed by atoms with E-state index in [1.54, 1.807) is 12.1 Å². The zero-order valence-electron chi connectivity index (χ0n) is 12.2. The third-order valence-corrected chi connectivity index (χ3v) is 4.11. The monoisotopic (exact) mass is 281 g/mol. The molecule has 2 unspecified atom stereocenters. The molecular formula is C16H24FNO2. The lowest BCUT2D eigenvalue weighted by Gasteiger charge is -2.28. The van der Waals surface area contributed by atoms with Crippen LogP contribution in [0.5, 0.6) is 5.75 Å². The van der Waals surface area contributed by atoms with Crippen molar-refractivity contribution < 1.29 is 14.2 Å². The minimum atomic E-state index is -0.559. The minimum Gasteiger partial charge on any atom is -0.491 e. The Labute approximate surface area is 120 Å². The summed E-state index contributed by atoms with van der Waals surface area (Å²) >= 11 is 0. The fourth-order valence-corrected chi connectivity index (χ4v) is 2.77. The maximum Gasteiger partial charge on any atom is 0.123 e. The summed E-state index contributed by atoms with van der Waals surface area (Å²) in [7, 11) is 0. The smallest absolute Gasteiger partial charge is 0.123 e. The molecule has 3 nitrogen and oxygen atoms in total. The summed E-state index contributed by atoms with van der Waals surface area (Å²) in [6, 6.07) is 6.29. The molecule has 1 fully saturated rings. The highest BCUT2D eigenvalue weighted by Gasteiger charge is 2.34. The molecule has 0 heterocycles. The Morgan fingerprint density at radius 3 is 2.70 bits per heavy atom. The van der Waals surface area contributed by atoms with Crippen LogP contribution in [0.4, 0.5) is 4.39 Å². The van der Waals surface area contributed by atoms with Crippen LogP contribution >= 0.6 is 0 Å². The SMILES string of the molecule is CC1(C)CCCC1NCC(O)COc1ccc(F)cc1. The summed E-state index contributed by atoms with van der Waals surface area (Å²) in [5.41, 5.74) is 0.303. The van der Waals surface area contributed by atoms with E-state index in [1.807, 2.05) is 0 Å². The first kappa shape index (κ1) is 15.3. The van der Waals surface area contributed by atoms with Gasteiger partial charge in [-0.3, -0.25) is 0 Å². The average molecular weight is 281 g/mol. The van der Waals surface area contributed by atoms with E-state index in [-0.39, 0.29) is 12.4 Å². The molecule has 0 aromatic heterocycles. The molecule has 1 aromatic carbocycles. The molecule has 1 aliphatic rings. The topological polar surface area (TPSA) is 41.5 Å². The number of hydrogen-bond donors (Lipinski definition) is 2. The molecule has 2 rings (SSSR count).